The van der Waals surface area contributed by atoms with E-state index in [9.17, 15) is 4.79 Å². The van der Waals surface area contributed by atoms with Crippen LogP contribution in [-0.4, -0.2) is 43.0 Å². The molecule has 2 bridgehead atoms. The lowest BCUT2D eigenvalue weighted by molar-refractivity contribution is 0.0956. The molecule has 21 heavy (non-hydrogen) atoms. The maximum Gasteiger partial charge on any atom is 0.251 e. The number of fused-ring (bicyclic) bond motifs is 2. The maximum absolute atomic E-state index is 12.0. The van der Waals surface area contributed by atoms with Crippen LogP contribution in [0.4, 0.5) is 5.69 Å². The van der Waals surface area contributed by atoms with Crippen molar-refractivity contribution in [3.8, 4) is 0 Å². The molecule has 4 heteroatoms. The van der Waals surface area contributed by atoms with Gasteiger partial charge in [-0.3, -0.25) is 4.79 Å². The molecule has 114 valence electrons. The Balaban J connectivity index is 1.75. The van der Waals surface area contributed by atoms with Crippen molar-refractivity contribution in [3.63, 3.8) is 0 Å². The summed E-state index contributed by atoms with van der Waals surface area (Å²) in [4.78, 5) is 14.5. The lowest BCUT2D eigenvalue weighted by atomic mass is 9.93. The van der Waals surface area contributed by atoms with E-state index in [1.807, 2.05) is 25.1 Å². The fourth-order valence-corrected chi connectivity index (χ4v) is 3.52. The molecule has 1 amide bonds. The highest BCUT2D eigenvalue weighted by molar-refractivity contribution is 5.95. The summed E-state index contributed by atoms with van der Waals surface area (Å²) < 4.78 is 0. The number of hydrogen-bond donors (Lipinski definition) is 2. The van der Waals surface area contributed by atoms with Crippen LogP contribution in [0.5, 0.6) is 0 Å². The highest BCUT2D eigenvalue weighted by Crippen LogP contribution is 2.30. The van der Waals surface area contributed by atoms with E-state index in [0.29, 0.717) is 12.6 Å². The molecule has 0 spiro atoms. The zero-order chi connectivity index (χ0) is 14.8. The molecule has 2 aliphatic rings. The number of piperidine rings is 1. The van der Waals surface area contributed by atoms with Gasteiger partial charge in [0.2, 0.25) is 0 Å². The fraction of sp³-hybridized carbons (Fsp3) is 0.588. The Labute approximate surface area is 126 Å². The Morgan fingerprint density at radius 1 is 1.33 bits per heavy atom. The van der Waals surface area contributed by atoms with Crippen LogP contribution >= 0.6 is 0 Å². The third kappa shape index (κ3) is 3.05. The second kappa shape index (κ2) is 6.06. The minimum atomic E-state index is 0.0104. The average Bonchev–Trinajstić information content (AvgIpc) is 2.87. The van der Waals surface area contributed by atoms with Gasteiger partial charge >= 0.3 is 0 Å². The van der Waals surface area contributed by atoms with Crippen molar-refractivity contribution in [2.75, 3.05) is 31.5 Å². The Morgan fingerprint density at radius 2 is 2.14 bits per heavy atom. The molecule has 0 saturated carbocycles. The van der Waals surface area contributed by atoms with E-state index >= 15 is 0 Å². The number of hydrogen-bond acceptors (Lipinski definition) is 3. The van der Waals surface area contributed by atoms with E-state index in [4.69, 9.17) is 0 Å². The van der Waals surface area contributed by atoms with Gasteiger partial charge in [-0.1, -0.05) is 6.07 Å². The number of anilines is 1. The topological polar surface area (TPSA) is 44.4 Å². The molecule has 1 aromatic carbocycles. The quantitative estimate of drug-likeness (QED) is 0.893. The molecule has 3 unspecified atom stereocenters. The maximum atomic E-state index is 12.0. The summed E-state index contributed by atoms with van der Waals surface area (Å²) in [5, 5.41) is 6.57. The van der Waals surface area contributed by atoms with Crippen molar-refractivity contribution < 1.29 is 4.79 Å². The summed E-state index contributed by atoms with van der Waals surface area (Å²) in [7, 11) is 0. The molecule has 2 N–H and O–H groups in total. The summed E-state index contributed by atoms with van der Waals surface area (Å²) in [6.45, 7) is 8.39. The first-order chi connectivity index (χ1) is 10.2. The van der Waals surface area contributed by atoms with Crippen LogP contribution in [0.1, 0.15) is 35.7 Å². The standard InChI is InChI=1S/C17H25N3O/c1-3-18-17(21)13-5-4-12(2)16(10-13)19-15-7-9-20-8-6-14(15)11-20/h4-5,10,14-15,19H,3,6-9,11H2,1-2H3,(H,18,21). The summed E-state index contributed by atoms with van der Waals surface area (Å²) in [5.41, 5.74) is 3.07. The summed E-state index contributed by atoms with van der Waals surface area (Å²) in [6.07, 6.45) is 2.50. The normalized spacial score (nSPS) is 27.4. The molecule has 2 fully saturated rings. The van der Waals surface area contributed by atoms with Gasteiger partial charge in [0.25, 0.3) is 5.91 Å². The Bertz CT molecular complexity index is 529. The number of nitrogens with zero attached hydrogens (tertiary/aromatic N) is 1. The molecule has 1 aromatic rings. The van der Waals surface area contributed by atoms with Gasteiger partial charge in [-0.2, -0.15) is 0 Å². The van der Waals surface area contributed by atoms with Gasteiger partial charge in [0, 0.05) is 36.9 Å². The van der Waals surface area contributed by atoms with Crippen molar-refractivity contribution in [3.05, 3.63) is 29.3 Å². The number of carbonyl (C=O) groups is 1. The molecule has 2 saturated heterocycles. The fourth-order valence-electron chi connectivity index (χ4n) is 3.52. The van der Waals surface area contributed by atoms with E-state index in [2.05, 4.69) is 22.5 Å². The van der Waals surface area contributed by atoms with Crippen LogP contribution < -0.4 is 10.6 Å². The van der Waals surface area contributed by atoms with Gasteiger partial charge in [0.05, 0.1) is 0 Å². The number of carbonyl (C=O) groups excluding carboxylic acids is 1. The summed E-state index contributed by atoms with van der Waals surface area (Å²) >= 11 is 0. The summed E-state index contributed by atoms with van der Waals surface area (Å²) in [5.74, 6) is 0.766. The minimum absolute atomic E-state index is 0.0104. The van der Waals surface area contributed by atoms with Crippen LogP contribution in [-0.2, 0) is 0 Å². The number of rotatable bonds is 4. The highest BCUT2D eigenvalue weighted by Gasteiger charge is 2.34. The first-order valence-corrected chi connectivity index (χ1v) is 8.05. The first-order valence-electron chi connectivity index (χ1n) is 8.05. The first kappa shape index (κ1) is 14.4. The molecule has 0 radical (unpaired) electrons. The zero-order valence-corrected chi connectivity index (χ0v) is 13.0. The molecule has 3 rings (SSSR count). The van der Waals surface area contributed by atoms with E-state index in [-0.39, 0.29) is 5.91 Å². The van der Waals surface area contributed by atoms with Gasteiger partial charge in [-0.25, -0.2) is 0 Å². The van der Waals surface area contributed by atoms with Gasteiger partial charge < -0.3 is 15.5 Å². The predicted molar refractivity (Wildman–Crippen MR) is 85.8 cm³/mol. The van der Waals surface area contributed by atoms with Crippen LogP contribution in [0.2, 0.25) is 0 Å². The molecule has 2 heterocycles. The minimum Gasteiger partial charge on any atom is -0.382 e. The number of benzene rings is 1. The summed E-state index contributed by atoms with van der Waals surface area (Å²) in [6, 6.07) is 6.49. The van der Waals surface area contributed by atoms with Crippen molar-refractivity contribution in [1.82, 2.24) is 10.2 Å². The Morgan fingerprint density at radius 3 is 2.95 bits per heavy atom. The lowest BCUT2D eigenvalue weighted by Gasteiger charge is -2.32. The van der Waals surface area contributed by atoms with E-state index < -0.39 is 0 Å². The second-order valence-electron chi connectivity index (χ2n) is 6.28. The molecular weight excluding hydrogens is 262 g/mol. The van der Waals surface area contributed by atoms with E-state index in [0.717, 1.165) is 17.2 Å². The van der Waals surface area contributed by atoms with E-state index in [1.165, 1.54) is 38.0 Å². The van der Waals surface area contributed by atoms with Gasteiger partial charge in [0.15, 0.2) is 0 Å². The number of aryl methyl sites for hydroxylation is 1. The Hall–Kier alpha value is -1.55. The molecule has 4 nitrogen and oxygen atoms in total. The predicted octanol–water partition coefficient (Wildman–Crippen LogP) is 2.25. The molecule has 3 atom stereocenters. The lowest BCUT2D eigenvalue weighted by Crippen LogP contribution is -2.39. The Kier molecular flexibility index (Phi) is 4.15. The van der Waals surface area contributed by atoms with Crippen molar-refractivity contribution in [2.45, 2.75) is 32.7 Å². The van der Waals surface area contributed by atoms with Crippen LogP contribution in [0.3, 0.4) is 0 Å². The van der Waals surface area contributed by atoms with Crippen molar-refractivity contribution in [1.29, 1.82) is 0 Å². The highest BCUT2D eigenvalue weighted by atomic mass is 16.1. The molecular formula is C17H25N3O. The monoisotopic (exact) mass is 287 g/mol. The third-order valence-corrected chi connectivity index (χ3v) is 4.81. The smallest absolute Gasteiger partial charge is 0.251 e. The number of nitrogens with one attached hydrogen (secondary N) is 2. The van der Waals surface area contributed by atoms with E-state index in [1.54, 1.807) is 0 Å². The van der Waals surface area contributed by atoms with Crippen LogP contribution in [0, 0.1) is 12.8 Å². The largest absolute Gasteiger partial charge is 0.382 e. The third-order valence-electron chi connectivity index (χ3n) is 4.81. The second-order valence-corrected chi connectivity index (χ2v) is 6.28. The SMILES string of the molecule is CCNC(=O)c1ccc(C)c(NC2CCN3CCC2C3)c1. The van der Waals surface area contributed by atoms with Gasteiger partial charge in [0.1, 0.15) is 0 Å². The molecule has 0 aliphatic carbocycles. The molecule has 0 aromatic heterocycles. The van der Waals surface area contributed by atoms with Crippen molar-refractivity contribution in [2.24, 2.45) is 5.92 Å². The van der Waals surface area contributed by atoms with Gasteiger partial charge in [-0.15, -0.1) is 0 Å². The van der Waals surface area contributed by atoms with Crippen molar-refractivity contribution >= 4 is 11.6 Å². The van der Waals surface area contributed by atoms with Crippen LogP contribution in [0.25, 0.3) is 0 Å². The van der Waals surface area contributed by atoms with Gasteiger partial charge in [-0.05, 0) is 56.8 Å². The number of amides is 1. The molecule has 2 aliphatic heterocycles. The zero-order valence-electron chi connectivity index (χ0n) is 13.0. The van der Waals surface area contributed by atoms with Crippen LogP contribution in [0.15, 0.2) is 18.2 Å². The average molecular weight is 287 g/mol.